The summed E-state index contributed by atoms with van der Waals surface area (Å²) >= 11 is 0. The van der Waals surface area contributed by atoms with Crippen molar-refractivity contribution in [3.8, 4) is 17.2 Å². The summed E-state index contributed by atoms with van der Waals surface area (Å²) in [6.45, 7) is 3.81. The first kappa shape index (κ1) is 23.8. The first-order valence-electron chi connectivity index (χ1n) is 11.8. The molecule has 1 saturated heterocycles. The number of aromatic nitrogens is 2. The van der Waals surface area contributed by atoms with Crippen molar-refractivity contribution in [2.45, 2.75) is 19.1 Å². The van der Waals surface area contributed by atoms with E-state index in [1.54, 1.807) is 12.3 Å². The monoisotopic (exact) mass is 487 g/mol. The molecule has 0 atom stereocenters. The SMILES string of the molecule is N#Cc1cccc(CN2CCCN(c3ncc(-c4ccccc4)c4nc(C(F)(F)F)ccc34)CC2)c1. The van der Waals surface area contributed by atoms with E-state index in [1.165, 1.54) is 6.07 Å². The lowest BCUT2D eigenvalue weighted by Crippen LogP contribution is -2.31. The van der Waals surface area contributed by atoms with Crippen LogP contribution >= 0.6 is 0 Å². The molecule has 0 radical (unpaired) electrons. The number of hydrogen-bond acceptors (Lipinski definition) is 5. The molecule has 5 nitrogen and oxygen atoms in total. The number of alkyl halides is 3. The number of pyridine rings is 2. The summed E-state index contributed by atoms with van der Waals surface area (Å²) in [7, 11) is 0. The third-order valence-corrected chi connectivity index (χ3v) is 6.43. The van der Waals surface area contributed by atoms with Crippen molar-refractivity contribution in [2.75, 3.05) is 31.1 Å². The van der Waals surface area contributed by atoms with Gasteiger partial charge in [0.25, 0.3) is 0 Å². The molecule has 0 aliphatic carbocycles. The first-order valence-corrected chi connectivity index (χ1v) is 11.8. The van der Waals surface area contributed by atoms with Crippen LogP contribution in [0.15, 0.2) is 72.9 Å². The minimum atomic E-state index is -4.53. The zero-order chi connectivity index (χ0) is 25.1. The Bertz CT molecular complexity index is 1410. The molecular formula is C28H24F3N5. The number of nitrogens with zero attached hydrogens (tertiary/aromatic N) is 5. The van der Waals surface area contributed by atoms with Crippen LogP contribution in [0.3, 0.4) is 0 Å². The number of anilines is 1. The molecule has 182 valence electrons. The average molecular weight is 488 g/mol. The Hall–Kier alpha value is -3.96. The van der Waals surface area contributed by atoms with Gasteiger partial charge in [0.2, 0.25) is 0 Å². The van der Waals surface area contributed by atoms with Crippen molar-refractivity contribution in [1.29, 1.82) is 5.26 Å². The Morgan fingerprint density at radius 1 is 0.917 bits per heavy atom. The van der Waals surface area contributed by atoms with Gasteiger partial charge in [0.05, 0.1) is 17.1 Å². The molecule has 0 N–H and O–H groups in total. The van der Waals surface area contributed by atoms with Crippen LogP contribution in [0.4, 0.5) is 19.0 Å². The zero-order valence-electron chi connectivity index (χ0n) is 19.5. The van der Waals surface area contributed by atoms with Gasteiger partial charge in [0.15, 0.2) is 0 Å². The molecule has 0 bridgehead atoms. The lowest BCUT2D eigenvalue weighted by Gasteiger charge is -2.24. The Balaban J connectivity index is 1.46. The van der Waals surface area contributed by atoms with Crippen LogP contribution < -0.4 is 4.90 Å². The van der Waals surface area contributed by atoms with E-state index in [2.05, 4.69) is 20.9 Å². The van der Waals surface area contributed by atoms with Gasteiger partial charge in [-0.25, -0.2) is 9.97 Å². The van der Waals surface area contributed by atoms with E-state index in [0.717, 1.165) is 49.8 Å². The van der Waals surface area contributed by atoms with Gasteiger partial charge in [0, 0.05) is 49.9 Å². The highest BCUT2D eigenvalue weighted by Crippen LogP contribution is 2.36. The van der Waals surface area contributed by atoms with E-state index in [1.807, 2.05) is 48.5 Å². The molecule has 0 spiro atoms. The van der Waals surface area contributed by atoms with Gasteiger partial charge in [-0.15, -0.1) is 0 Å². The van der Waals surface area contributed by atoms with E-state index in [4.69, 9.17) is 10.2 Å². The van der Waals surface area contributed by atoms with Crippen LogP contribution in [-0.2, 0) is 12.7 Å². The van der Waals surface area contributed by atoms with E-state index >= 15 is 0 Å². The van der Waals surface area contributed by atoms with Gasteiger partial charge in [-0.05, 0) is 41.8 Å². The molecule has 36 heavy (non-hydrogen) atoms. The fraction of sp³-hybridized carbons (Fsp3) is 0.250. The standard InChI is InChI=1S/C28H24F3N5/c29-28(30,31)25-11-10-23-26(34-25)24(22-8-2-1-3-9-22)18-33-27(23)36-13-5-12-35(14-15-36)19-21-7-4-6-20(16-21)17-32/h1-4,6-11,16,18H,5,12-15,19H2. The normalized spacial score (nSPS) is 15.0. The molecule has 1 aliphatic heterocycles. The molecular weight excluding hydrogens is 463 g/mol. The topological polar surface area (TPSA) is 56.1 Å². The minimum Gasteiger partial charge on any atom is -0.355 e. The smallest absolute Gasteiger partial charge is 0.355 e. The third kappa shape index (κ3) is 5.02. The van der Waals surface area contributed by atoms with Crippen molar-refractivity contribution >= 4 is 16.7 Å². The summed E-state index contributed by atoms with van der Waals surface area (Å²) in [6, 6.07) is 21.6. The largest absolute Gasteiger partial charge is 0.433 e. The lowest BCUT2D eigenvalue weighted by atomic mass is 10.0. The second-order valence-electron chi connectivity index (χ2n) is 8.88. The number of fused-ring (bicyclic) bond motifs is 1. The molecule has 2 aromatic carbocycles. The average Bonchev–Trinajstić information content (AvgIpc) is 3.13. The Labute approximate surface area is 207 Å². The number of rotatable bonds is 4. The Kier molecular flexibility index (Phi) is 6.57. The van der Waals surface area contributed by atoms with Crippen molar-refractivity contribution in [2.24, 2.45) is 0 Å². The van der Waals surface area contributed by atoms with Crippen LogP contribution in [0, 0.1) is 11.3 Å². The van der Waals surface area contributed by atoms with Crippen molar-refractivity contribution in [1.82, 2.24) is 14.9 Å². The fourth-order valence-electron chi connectivity index (χ4n) is 4.68. The second-order valence-corrected chi connectivity index (χ2v) is 8.88. The molecule has 8 heteroatoms. The van der Waals surface area contributed by atoms with Crippen molar-refractivity contribution in [3.63, 3.8) is 0 Å². The van der Waals surface area contributed by atoms with Gasteiger partial charge in [0.1, 0.15) is 11.5 Å². The molecule has 3 heterocycles. The number of halogens is 3. The fourth-order valence-corrected chi connectivity index (χ4v) is 4.68. The molecule has 0 unspecified atom stereocenters. The Morgan fingerprint density at radius 3 is 2.53 bits per heavy atom. The molecule has 1 fully saturated rings. The third-order valence-electron chi connectivity index (χ3n) is 6.43. The molecule has 5 rings (SSSR count). The number of benzene rings is 2. The van der Waals surface area contributed by atoms with Crippen LogP contribution in [0.5, 0.6) is 0 Å². The van der Waals surface area contributed by atoms with Gasteiger partial charge < -0.3 is 4.90 Å². The van der Waals surface area contributed by atoms with Crippen LogP contribution in [0.1, 0.15) is 23.2 Å². The van der Waals surface area contributed by atoms with Crippen molar-refractivity contribution in [3.05, 3.63) is 89.7 Å². The second kappa shape index (κ2) is 9.96. The van der Waals surface area contributed by atoms with E-state index in [-0.39, 0.29) is 0 Å². The summed E-state index contributed by atoms with van der Waals surface area (Å²) in [4.78, 5) is 13.2. The maximum atomic E-state index is 13.5. The van der Waals surface area contributed by atoms with Gasteiger partial charge in [-0.2, -0.15) is 18.4 Å². The van der Waals surface area contributed by atoms with Gasteiger partial charge >= 0.3 is 6.18 Å². The summed E-state index contributed by atoms with van der Waals surface area (Å²) < 4.78 is 40.5. The summed E-state index contributed by atoms with van der Waals surface area (Å²) in [5, 5.41) is 9.78. The predicted molar refractivity (Wildman–Crippen MR) is 133 cm³/mol. The van der Waals surface area contributed by atoms with E-state index < -0.39 is 11.9 Å². The maximum Gasteiger partial charge on any atom is 0.433 e. The molecule has 0 saturated carbocycles. The zero-order valence-corrected chi connectivity index (χ0v) is 19.5. The molecule has 1 aliphatic rings. The molecule has 4 aromatic rings. The highest BCUT2D eigenvalue weighted by Gasteiger charge is 2.33. The predicted octanol–water partition coefficient (Wildman–Crippen LogP) is 5.90. The first-order chi connectivity index (χ1) is 17.4. The minimum absolute atomic E-state index is 0.301. The van der Waals surface area contributed by atoms with Gasteiger partial charge in [-0.1, -0.05) is 42.5 Å². The summed E-state index contributed by atoms with van der Waals surface area (Å²) in [5.41, 5.74) is 2.47. The van der Waals surface area contributed by atoms with Crippen LogP contribution in [0.2, 0.25) is 0 Å². The lowest BCUT2D eigenvalue weighted by molar-refractivity contribution is -0.140. The van der Waals surface area contributed by atoms with E-state index in [9.17, 15) is 13.2 Å². The van der Waals surface area contributed by atoms with Crippen LogP contribution in [-0.4, -0.2) is 41.0 Å². The molecule has 2 aromatic heterocycles. The summed E-state index contributed by atoms with van der Waals surface area (Å²) in [6.07, 6.45) is -2.01. The van der Waals surface area contributed by atoms with Crippen molar-refractivity contribution < 1.29 is 13.2 Å². The Morgan fingerprint density at radius 2 is 1.75 bits per heavy atom. The number of nitriles is 1. The maximum absolute atomic E-state index is 13.5. The quantitative estimate of drug-likeness (QED) is 0.359. The van der Waals surface area contributed by atoms with Gasteiger partial charge in [-0.3, -0.25) is 4.90 Å². The summed E-state index contributed by atoms with van der Waals surface area (Å²) in [5.74, 6) is 0.652. The number of hydrogen-bond donors (Lipinski definition) is 0. The highest BCUT2D eigenvalue weighted by molar-refractivity contribution is 5.99. The molecule has 0 amide bonds. The van der Waals surface area contributed by atoms with Crippen LogP contribution in [0.25, 0.3) is 22.0 Å². The van der Waals surface area contributed by atoms with E-state index in [0.29, 0.717) is 34.4 Å². The highest BCUT2D eigenvalue weighted by atomic mass is 19.4.